The first-order valence-corrected chi connectivity index (χ1v) is 6.80. The van der Waals surface area contributed by atoms with Gasteiger partial charge in [-0.25, -0.2) is 0 Å². The molecule has 6 heteroatoms. The van der Waals surface area contributed by atoms with Crippen molar-refractivity contribution >= 4 is 11.8 Å². The molecule has 1 N–H and O–H groups in total. The van der Waals surface area contributed by atoms with Gasteiger partial charge in [-0.1, -0.05) is 12.1 Å². The molecule has 1 amide bonds. The largest absolute Gasteiger partial charge is 0.338 e. The van der Waals surface area contributed by atoms with Gasteiger partial charge in [0, 0.05) is 32.2 Å². The molecule has 2 rings (SSSR count). The number of carbonyl (C=O) groups is 1. The molecule has 0 aromatic carbocycles. The molecule has 1 unspecified atom stereocenters. The summed E-state index contributed by atoms with van der Waals surface area (Å²) in [7, 11) is 0. The molecule has 19 heavy (non-hydrogen) atoms. The first-order valence-electron chi connectivity index (χ1n) is 6.80. The van der Waals surface area contributed by atoms with Crippen molar-refractivity contribution < 1.29 is 9.32 Å². The van der Waals surface area contributed by atoms with Gasteiger partial charge in [0.1, 0.15) is 0 Å². The van der Waals surface area contributed by atoms with E-state index in [1.807, 2.05) is 13.8 Å². The summed E-state index contributed by atoms with van der Waals surface area (Å²) >= 11 is 0. The second kappa shape index (κ2) is 6.16. The summed E-state index contributed by atoms with van der Waals surface area (Å²) in [4.78, 5) is 16.7. The lowest BCUT2D eigenvalue weighted by molar-refractivity contribution is -0.121. The molecule has 1 aliphatic rings. The van der Waals surface area contributed by atoms with E-state index in [0.717, 1.165) is 38.4 Å². The van der Waals surface area contributed by atoms with Crippen molar-refractivity contribution in [2.75, 3.05) is 38.0 Å². The summed E-state index contributed by atoms with van der Waals surface area (Å²) in [6, 6.07) is 1.57. The number of nitrogens with one attached hydrogen (secondary N) is 1. The second-order valence-electron chi connectivity index (χ2n) is 4.97. The molecule has 1 saturated heterocycles. The zero-order chi connectivity index (χ0) is 13.8. The minimum absolute atomic E-state index is 0.0406. The average Bonchev–Trinajstić information content (AvgIpc) is 2.83. The zero-order valence-electron chi connectivity index (χ0n) is 11.8. The van der Waals surface area contributed by atoms with Crippen LogP contribution in [0.5, 0.6) is 0 Å². The Labute approximate surface area is 113 Å². The lowest BCUT2D eigenvalue weighted by atomic mass is 10.2. The number of aryl methyl sites for hydroxylation is 1. The van der Waals surface area contributed by atoms with E-state index in [4.69, 9.17) is 4.52 Å². The Morgan fingerprint density at radius 2 is 2.16 bits per heavy atom. The Morgan fingerprint density at radius 1 is 1.47 bits per heavy atom. The summed E-state index contributed by atoms with van der Waals surface area (Å²) in [6.45, 7) is 10.9. The third-order valence-electron chi connectivity index (χ3n) is 3.66. The van der Waals surface area contributed by atoms with Crippen molar-refractivity contribution in [1.29, 1.82) is 0 Å². The highest BCUT2D eigenvalue weighted by atomic mass is 16.5. The first-order chi connectivity index (χ1) is 9.10. The standard InChI is InChI=1S/C13H22N4O2/c1-4-16-5-7-17(8-6-16)11(3)13(18)14-12-9-10(2)15-19-12/h9,11H,4-8H2,1-3H3,(H,14,18). The van der Waals surface area contributed by atoms with E-state index >= 15 is 0 Å². The highest BCUT2D eigenvalue weighted by Crippen LogP contribution is 2.11. The SMILES string of the molecule is CCN1CCN(C(C)C(=O)Nc2cc(C)no2)CC1. The molecule has 6 nitrogen and oxygen atoms in total. The molecule has 106 valence electrons. The number of hydrogen-bond donors (Lipinski definition) is 1. The van der Waals surface area contributed by atoms with E-state index in [-0.39, 0.29) is 11.9 Å². The quantitative estimate of drug-likeness (QED) is 0.879. The highest BCUT2D eigenvalue weighted by molar-refractivity contribution is 5.93. The predicted octanol–water partition coefficient (Wildman–Crippen LogP) is 0.948. The van der Waals surface area contributed by atoms with E-state index < -0.39 is 0 Å². The van der Waals surface area contributed by atoms with Crippen LogP contribution in [0.15, 0.2) is 10.6 Å². The lowest BCUT2D eigenvalue weighted by Gasteiger charge is -2.36. The van der Waals surface area contributed by atoms with Crippen LogP contribution in [-0.4, -0.2) is 59.6 Å². The highest BCUT2D eigenvalue weighted by Gasteiger charge is 2.25. The van der Waals surface area contributed by atoms with Crippen molar-refractivity contribution in [2.45, 2.75) is 26.8 Å². The van der Waals surface area contributed by atoms with Crippen molar-refractivity contribution in [3.63, 3.8) is 0 Å². The fraction of sp³-hybridized carbons (Fsp3) is 0.692. The molecular weight excluding hydrogens is 244 g/mol. The van der Waals surface area contributed by atoms with Gasteiger partial charge in [0.25, 0.3) is 0 Å². The van der Waals surface area contributed by atoms with E-state index in [1.54, 1.807) is 6.07 Å². The first kappa shape index (κ1) is 14.0. The Morgan fingerprint density at radius 3 is 2.68 bits per heavy atom. The zero-order valence-corrected chi connectivity index (χ0v) is 11.8. The third kappa shape index (κ3) is 3.54. The molecule has 1 aromatic rings. The Kier molecular flexibility index (Phi) is 4.55. The maximum Gasteiger partial charge on any atom is 0.243 e. The number of rotatable bonds is 4. The van der Waals surface area contributed by atoms with Gasteiger partial charge in [-0.2, -0.15) is 0 Å². The van der Waals surface area contributed by atoms with Gasteiger partial charge in [0.15, 0.2) is 0 Å². The monoisotopic (exact) mass is 266 g/mol. The molecule has 0 saturated carbocycles. The normalized spacial score (nSPS) is 19.3. The molecule has 0 radical (unpaired) electrons. The van der Waals surface area contributed by atoms with Crippen LogP contribution in [0.3, 0.4) is 0 Å². The summed E-state index contributed by atoms with van der Waals surface area (Å²) < 4.78 is 5.00. The van der Waals surface area contributed by atoms with E-state index in [9.17, 15) is 4.79 Å². The predicted molar refractivity (Wildman–Crippen MR) is 73.0 cm³/mol. The fourth-order valence-electron chi connectivity index (χ4n) is 2.28. The van der Waals surface area contributed by atoms with Crippen molar-refractivity contribution in [1.82, 2.24) is 15.0 Å². The summed E-state index contributed by atoms with van der Waals surface area (Å²) in [5.41, 5.74) is 0.763. The molecule has 1 fully saturated rings. The number of likely N-dealkylation sites (N-methyl/N-ethyl adjacent to an activating group) is 1. The van der Waals surface area contributed by atoms with Gasteiger partial charge in [0.2, 0.25) is 11.8 Å². The van der Waals surface area contributed by atoms with Crippen LogP contribution in [0.25, 0.3) is 0 Å². The minimum atomic E-state index is -0.149. The van der Waals surface area contributed by atoms with Crippen LogP contribution in [0.1, 0.15) is 19.5 Å². The average molecular weight is 266 g/mol. The van der Waals surface area contributed by atoms with Crippen LogP contribution < -0.4 is 5.32 Å². The summed E-state index contributed by atoms with van der Waals surface area (Å²) in [5.74, 6) is 0.377. The Bertz CT molecular complexity index is 424. The third-order valence-corrected chi connectivity index (χ3v) is 3.66. The van der Waals surface area contributed by atoms with Gasteiger partial charge in [0.05, 0.1) is 11.7 Å². The second-order valence-corrected chi connectivity index (χ2v) is 4.97. The van der Waals surface area contributed by atoms with E-state index in [1.165, 1.54) is 0 Å². The lowest BCUT2D eigenvalue weighted by Crippen LogP contribution is -2.52. The van der Waals surface area contributed by atoms with Crippen molar-refractivity contribution in [3.05, 3.63) is 11.8 Å². The number of piperazine rings is 1. The smallest absolute Gasteiger partial charge is 0.243 e. The van der Waals surface area contributed by atoms with Crippen LogP contribution in [-0.2, 0) is 4.79 Å². The van der Waals surface area contributed by atoms with Crippen LogP contribution in [0, 0.1) is 6.92 Å². The topological polar surface area (TPSA) is 61.6 Å². The number of aromatic nitrogens is 1. The van der Waals surface area contributed by atoms with Crippen molar-refractivity contribution in [2.24, 2.45) is 0 Å². The van der Waals surface area contributed by atoms with E-state index in [2.05, 4.69) is 27.2 Å². The molecule has 1 aromatic heterocycles. The van der Waals surface area contributed by atoms with Crippen LogP contribution in [0.4, 0.5) is 5.88 Å². The van der Waals surface area contributed by atoms with Gasteiger partial charge in [-0.15, -0.1) is 0 Å². The molecule has 1 aliphatic heterocycles. The maximum absolute atomic E-state index is 12.1. The fourth-order valence-corrected chi connectivity index (χ4v) is 2.28. The van der Waals surface area contributed by atoms with Gasteiger partial charge in [-0.05, 0) is 20.4 Å². The minimum Gasteiger partial charge on any atom is -0.338 e. The number of carbonyl (C=O) groups excluding carboxylic acids is 1. The molecule has 0 spiro atoms. The van der Waals surface area contributed by atoms with Gasteiger partial charge in [-0.3, -0.25) is 15.0 Å². The molecular formula is C13H22N4O2. The number of nitrogens with zero attached hydrogens (tertiary/aromatic N) is 3. The Balaban J connectivity index is 1.85. The molecule has 2 heterocycles. The maximum atomic E-state index is 12.1. The van der Waals surface area contributed by atoms with E-state index in [0.29, 0.717) is 5.88 Å². The summed E-state index contributed by atoms with van der Waals surface area (Å²) in [5, 5.41) is 6.51. The van der Waals surface area contributed by atoms with Gasteiger partial charge >= 0.3 is 0 Å². The number of anilines is 1. The van der Waals surface area contributed by atoms with Gasteiger partial charge < -0.3 is 9.42 Å². The number of hydrogen-bond acceptors (Lipinski definition) is 5. The molecule has 1 atom stereocenters. The van der Waals surface area contributed by atoms with Crippen LogP contribution in [0.2, 0.25) is 0 Å². The van der Waals surface area contributed by atoms with Crippen LogP contribution >= 0.6 is 0 Å². The Hall–Kier alpha value is -1.40. The van der Waals surface area contributed by atoms with Crippen molar-refractivity contribution in [3.8, 4) is 0 Å². The molecule has 0 bridgehead atoms. The summed E-state index contributed by atoms with van der Waals surface area (Å²) in [6.07, 6.45) is 0. The molecule has 0 aliphatic carbocycles. The number of amides is 1.